The lowest BCUT2D eigenvalue weighted by Gasteiger charge is -2.24. The van der Waals surface area contributed by atoms with Crippen LogP contribution in [0.5, 0.6) is 5.75 Å². The minimum atomic E-state index is 0. The standard InChI is InChI=1S/C18H20BrNO.ClH/c19-17-13-15(12-14-4-2-1-3-5-14)6-7-18(17)21-16-8-10-20-11-9-16;/h1-7,13,16,20H,8-12H2;1H. The van der Waals surface area contributed by atoms with Gasteiger partial charge in [0.2, 0.25) is 0 Å². The first-order valence-electron chi connectivity index (χ1n) is 7.51. The van der Waals surface area contributed by atoms with Crippen molar-refractivity contribution in [2.75, 3.05) is 13.1 Å². The number of piperidine rings is 1. The molecule has 0 radical (unpaired) electrons. The van der Waals surface area contributed by atoms with Crippen molar-refractivity contribution in [2.24, 2.45) is 0 Å². The quantitative estimate of drug-likeness (QED) is 0.835. The Morgan fingerprint density at radius 2 is 1.73 bits per heavy atom. The molecule has 1 aliphatic rings. The van der Waals surface area contributed by atoms with E-state index in [1.54, 1.807) is 0 Å². The third-order valence-corrected chi connectivity index (χ3v) is 4.45. The van der Waals surface area contributed by atoms with Crippen LogP contribution in [0, 0.1) is 0 Å². The molecule has 118 valence electrons. The van der Waals surface area contributed by atoms with Crippen LogP contribution in [0.15, 0.2) is 53.0 Å². The largest absolute Gasteiger partial charge is 0.489 e. The van der Waals surface area contributed by atoms with Crippen LogP contribution in [0.4, 0.5) is 0 Å². The van der Waals surface area contributed by atoms with E-state index in [4.69, 9.17) is 4.74 Å². The number of hydrogen-bond donors (Lipinski definition) is 1. The molecule has 1 N–H and O–H groups in total. The van der Waals surface area contributed by atoms with E-state index in [1.807, 2.05) is 0 Å². The molecule has 0 unspecified atom stereocenters. The molecular formula is C18H21BrClNO. The summed E-state index contributed by atoms with van der Waals surface area (Å²) in [6.45, 7) is 2.10. The van der Waals surface area contributed by atoms with Gasteiger partial charge in [-0.1, -0.05) is 36.4 Å². The molecule has 0 saturated carbocycles. The first kappa shape index (κ1) is 17.3. The fourth-order valence-corrected chi connectivity index (χ4v) is 3.19. The Bertz CT molecular complexity index is 585. The Hall–Kier alpha value is -1.03. The maximum Gasteiger partial charge on any atom is 0.133 e. The molecular weight excluding hydrogens is 362 g/mol. The van der Waals surface area contributed by atoms with Crippen LogP contribution in [0.3, 0.4) is 0 Å². The maximum absolute atomic E-state index is 6.10. The van der Waals surface area contributed by atoms with Crippen molar-refractivity contribution in [2.45, 2.75) is 25.4 Å². The average Bonchev–Trinajstić information content (AvgIpc) is 2.52. The van der Waals surface area contributed by atoms with Crippen molar-refractivity contribution in [3.8, 4) is 5.75 Å². The van der Waals surface area contributed by atoms with Gasteiger partial charge in [-0.3, -0.25) is 0 Å². The summed E-state index contributed by atoms with van der Waals surface area (Å²) in [4.78, 5) is 0. The predicted octanol–water partition coefficient (Wildman–Crippen LogP) is 4.59. The summed E-state index contributed by atoms with van der Waals surface area (Å²) < 4.78 is 7.15. The molecule has 0 amide bonds. The molecule has 3 rings (SSSR count). The van der Waals surface area contributed by atoms with Gasteiger partial charge < -0.3 is 10.1 Å². The van der Waals surface area contributed by atoms with Crippen molar-refractivity contribution in [1.29, 1.82) is 0 Å². The highest BCUT2D eigenvalue weighted by atomic mass is 79.9. The highest BCUT2D eigenvalue weighted by molar-refractivity contribution is 9.10. The monoisotopic (exact) mass is 381 g/mol. The van der Waals surface area contributed by atoms with Crippen molar-refractivity contribution in [1.82, 2.24) is 5.32 Å². The Morgan fingerprint density at radius 1 is 1.00 bits per heavy atom. The van der Waals surface area contributed by atoms with Crippen LogP contribution in [0.2, 0.25) is 0 Å². The molecule has 0 aliphatic carbocycles. The van der Waals surface area contributed by atoms with Gasteiger partial charge >= 0.3 is 0 Å². The van der Waals surface area contributed by atoms with E-state index in [0.717, 1.165) is 42.6 Å². The summed E-state index contributed by atoms with van der Waals surface area (Å²) in [7, 11) is 0. The number of ether oxygens (including phenoxy) is 1. The molecule has 1 heterocycles. The van der Waals surface area contributed by atoms with Gasteiger partial charge in [0.15, 0.2) is 0 Å². The highest BCUT2D eigenvalue weighted by Gasteiger charge is 2.15. The van der Waals surface area contributed by atoms with Crippen LogP contribution >= 0.6 is 28.3 Å². The second kappa shape index (κ2) is 8.56. The summed E-state index contributed by atoms with van der Waals surface area (Å²) in [5.74, 6) is 0.957. The van der Waals surface area contributed by atoms with Gasteiger partial charge in [-0.2, -0.15) is 0 Å². The lowest BCUT2D eigenvalue weighted by atomic mass is 10.0. The Morgan fingerprint density at radius 3 is 2.41 bits per heavy atom. The van der Waals surface area contributed by atoms with Crippen molar-refractivity contribution in [3.63, 3.8) is 0 Å². The van der Waals surface area contributed by atoms with Crippen LogP contribution in [0.1, 0.15) is 24.0 Å². The zero-order chi connectivity index (χ0) is 14.5. The van der Waals surface area contributed by atoms with Crippen LogP contribution in [0.25, 0.3) is 0 Å². The van der Waals surface area contributed by atoms with Gasteiger partial charge in [0, 0.05) is 0 Å². The van der Waals surface area contributed by atoms with E-state index in [2.05, 4.69) is 69.8 Å². The molecule has 4 heteroatoms. The SMILES string of the molecule is Brc1cc(Cc2ccccc2)ccc1OC1CCNCC1.Cl. The molecule has 2 aromatic rings. The van der Waals surface area contributed by atoms with Crippen LogP contribution in [-0.2, 0) is 6.42 Å². The van der Waals surface area contributed by atoms with E-state index < -0.39 is 0 Å². The lowest BCUT2D eigenvalue weighted by molar-refractivity contribution is 0.161. The van der Waals surface area contributed by atoms with Crippen molar-refractivity contribution >= 4 is 28.3 Å². The van der Waals surface area contributed by atoms with Gasteiger partial charge in [-0.25, -0.2) is 0 Å². The molecule has 0 bridgehead atoms. The molecule has 2 nitrogen and oxygen atoms in total. The highest BCUT2D eigenvalue weighted by Crippen LogP contribution is 2.29. The average molecular weight is 383 g/mol. The van der Waals surface area contributed by atoms with E-state index in [-0.39, 0.29) is 12.4 Å². The van der Waals surface area contributed by atoms with E-state index in [0.29, 0.717) is 6.10 Å². The summed E-state index contributed by atoms with van der Waals surface area (Å²) >= 11 is 3.65. The van der Waals surface area contributed by atoms with Gasteiger partial charge in [-0.15, -0.1) is 12.4 Å². The molecule has 0 atom stereocenters. The number of halogens is 2. The first-order chi connectivity index (χ1) is 10.3. The second-order valence-corrected chi connectivity index (χ2v) is 6.35. The van der Waals surface area contributed by atoms with Gasteiger partial charge in [0.05, 0.1) is 4.47 Å². The van der Waals surface area contributed by atoms with Gasteiger partial charge in [0.25, 0.3) is 0 Å². The molecule has 0 spiro atoms. The molecule has 1 aliphatic heterocycles. The minimum Gasteiger partial charge on any atom is -0.489 e. The molecule has 2 aromatic carbocycles. The third-order valence-electron chi connectivity index (χ3n) is 3.83. The Labute approximate surface area is 146 Å². The fourth-order valence-electron chi connectivity index (χ4n) is 2.67. The summed E-state index contributed by atoms with van der Waals surface area (Å²) in [6.07, 6.45) is 3.45. The normalized spacial score (nSPS) is 15.1. The molecule has 1 saturated heterocycles. The van der Waals surface area contributed by atoms with Gasteiger partial charge in [0.1, 0.15) is 11.9 Å². The first-order valence-corrected chi connectivity index (χ1v) is 8.30. The second-order valence-electron chi connectivity index (χ2n) is 5.49. The zero-order valence-corrected chi connectivity index (χ0v) is 14.8. The number of nitrogens with one attached hydrogen (secondary N) is 1. The fraction of sp³-hybridized carbons (Fsp3) is 0.333. The van der Waals surface area contributed by atoms with Crippen LogP contribution < -0.4 is 10.1 Å². The minimum absolute atomic E-state index is 0. The lowest BCUT2D eigenvalue weighted by Crippen LogP contribution is -2.34. The smallest absolute Gasteiger partial charge is 0.133 e. The van der Waals surface area contributed by atoms with Crippen molar-refractivity contribution < 1.29 is 4.74 Å². The predicted molar refractivity (Wildman–Crippen MR) is 97.2 cm³/mol. The molecule has 22 heavy (non-hydrogen) atoms. The Kier molecular flexibility index (Phi) is 6.74. The summed E-state index contributed by atoms with van der Waals surface area (Å²) in [5.41, 5.74) is 2.63. The number of rotatable bonds is 4. The van der Waals surface area contributed by atoms with Crippen molar-refractivity contribution in [3.05, 3.63) is 64.1 Å². The van der Waals surface area contributed by atoms with E-state index >= 15 is 0 Å². The van der Waals surface area contributed by atoms with E-state index in [1.165, 1.54) is 11.1 Å². The van der Waals surface area contributed by atoms with E-state index in [9.17, 15) is 0 Å². The van der Waals surface area contributed by atoms with Crippen LogP contribution in [-0.4, -0.2) is 19.2 Å². The Balaban J connectivity index is 0.00000176. The topological polar surface area (TPSA) is 21.3 Å². The summed E-state index contributed by atoms with van der Waals surface area (Å²) in [6, 6.07) is 17.0. The number of hydrogen-bond acceptors (Lipinski definition) is 2. The van der Waals surface area contributed by atoms with Gasteiger partial charge in [-0.05, 0) is 71.5 Å². The maximum atomic E-state index is 6.10. The number of benzene rings is 2. The summed E-state index contributed by atoms with van der Waals surface area (Å²) in [5, 5.41) is 3.36. The molecule has 0 aromatic heterocycles. The zero-order valence-electron chi connectivity index (χ0n) is 12.4. The molecule has 1 fully saturated rings. The third kappa shape index (κ3) is 4.73.